The van der Waals surface area contributed by atoms with Crippen molar-refractivity contribution in [1.29, 1.82) is 0 Å². The summed E-state index contributed by atoms with van der Waals surface area (Å²) in [7, 11) is 0. The summed E-state index contributed by atoms with van der Waals surface area (Å²) in [6.07, 6.45) is 2.87. The van der Waals surface area contributed by atoms with Gasteiger partial charge in [0, 0.05) is 22.0 Å². The third kappa shape index (κ3) is 4.29. The number of hydrogen-bond donors (Lipinski definition) is 1. The molecule has 0 spiro atoms. The van der Waals surface area contributed by atoms with Crippen LogP contribution in [0.3, 0.4) is 0 Å². The molecule has 5 nitrogen and oxygen atoms in total. The SMILES string of the molecule is O=C(/C=C/c1ccccc1Cl)OCc1nc2scc(-c3ccccc3)c2c(=O)[nH]1. The van der Waals surface area contributed by atoms with Crippen molar-refractivity contribution in [2.45, 2.75) is 6.61 Å². The summed E-state index contributed by atoms with van der Waals surface area (Å²) < 4.78 is 5.19. The van der Waals surface area contributed by atoms with Crippen LogP contribution in [0.4, 0.5) is 0 Å². The molecule has 4 rings (SSSR count). The number of halogens is 1. The third-order valence-electron chi connectivity index (χ3n) is 4.23. The van der Waals surface area contributed by atoms with E-state index >= 15 is 0 Å². The largest absolute Gasteiger partial charge is 0.454 e. The van der Waals surface area contributed by atoms with E-state index in [0.717, 1.165) is 11.1 Å². The molecule has 0 saturated carbocycles. The highest BCUT2D eigenvalue weighted by molar-refractivity contribution is 7.17. The molecule has 0 radical (unpaired) electrons. The molecule has 0 unspecified atom stereocenters. The van der Waals surface area contributed by atoms with Crippen LogP contribution in [0.1, 0.15) is 11.4 Å². The highest BCUT2D eigenvalue weighted by Gasteiger charge is 2.13. The predicted octanol–water partition coefficient (Wildman–Crippen LogP) is 5.06. The van der Waals surface area contributed by atoms with Gasteiger partial charge in [-0.1, -0.05) is 60.1 Å². The van der Waals surface area contributed by atoms with Gasteiger partial charge in [0.15, 0.2) is 0 Å². The maximum absolute atomic E-state index is 12.6. The maximum Gasteiger partial charge on any atom is 0.331 e. The van der Waals surface area contributed by atoms with E-state index in [-0.39, 0.29) is 12.2 Å². The molecule has 0 atom stereocenters. The van der Waals surface area contributed by atoms with E-state index < -0.39 is 5.97 Å². The molecule has 2 aromatic heterocycles. The van der Waals surface area contributed by atoms with E-state index in [1.54, 1.807) is 18.2 Å². The Morgan fingerprint density at radius 1 is 1.14 bits per heavy atom. The van der Waals surface area contributed by atoms with Crippen molar-refractivity contribution >= 4 is 45.2 Å². The Balaban J connectivity index is 1.50. The van der Waals surface area contributed by atoms with Gasteiger partial charge in [0.2, 0.25) is 0 Å². The number of fused-ring (bicyclic) bond motifs is 1. The lowest BCUT2D eigenvalue weighted by molar-refractivity contribution is -0.139. The second kappa shape index (κ2) is 8.43. The van der Waals surface area contributed by atoms with Crippen LogP contribution in [0.2, 0.25) is 5.02 Å². The van der Waals surface area contributed by atoms with Crippen molar-refractivity contribution in [3.63, 3.8) is 0 Å². The molecule has 0 aliphatic rings. The number of rotatable bonds is 5. The molecule has 4 aromatic rings. The van der Waals surface area contributed by atoms with Crippen LogP contribution in [0.15, 0.2) is 70.8 Å². The molecule has 0 fully saturated rings. The van der Waals surface area contributed by atoms with Gasteiger partial charge in [-0.15, -0.1) is 11.3 Å². The molecule has 7 heteroatoms. The first-order chi connectivity index (χ1) is 14.1. The standard InChI is InChI=1S/C22H15ClN2O3S/c23-17-9-5-4-8-15(17)10-11-19(26)28-12-18-24-21(27)20-16(13-29-22(20)25-18)14-6-2-1-3-7-14/h1-11,13H,12H2,(H,24,25,27)/b11-10+. The molecule has 0 aliphatic heterocycles. The summed E-state index contributed by atoms with van der Waals surface area (Å²) in [4.78, 5) is 32.3. The van der Waals surface area contributed by atoms with Crippen LogP contribution in [0.25, 0.3) is 27.4 Å². The van der Waals surface area contributed by atoms with E-state index in [2.05, 4.69) is 9.97 Å². The average Bonchev–Trinajstić information content (AvgIpc) is 3.17. The van der Waals surface area contributed by atoms with Gasteiger partial charge >= 0.3 is 5.97 Å². The first kappa shape index (κ1) is 19.1. The zero-order valence-corrected chi connectivity index (χ0v) is 16.7. The minimum atomic E-state index is -0.552. The molecular weight excluding hydrogens is 408 g/mol. The summed E-state index contributed by atoms with van der Waals surface area (Å²) in [5.41, 5.74) is 2.25. The quantitative estimate of drug-likeness (QED) is 0.360. The second-order valence-corrected chi connectivity index (χ2v) is 7.44. The molecule has 0 amide bonds. The number of esters is 1. The number of benzene rings is 2. The number of nitrogens with one attached hydrogen (secondary N) is 1. The topological polar surface area (TPSA) is 72.0 Å². The number of ether oxygens (including phenoxy) is 1. The van der Waals surface area contributed by atoms with E-state index in [0.29, 0.717) is 26.6 Å². The van der Waals surface area contributed by atoms with Gasteiger partial charge in [-0.05, 0) is 23.3 Å². The van der Waals surface area contributed by atoms with Gasteiger partial charge in [0.05, 0.1) is 5.39 Å². The van der Waals surface area contributed by atoms with Crippen molar-refractivity contribution in [2.75, 3.05) is 0 Å². The number of carbonyl (C=O) groups is 1. The molecular formula is C22H15ClN2O3S. The van der Waals surface area contributed by atoms with Gasteiger partial charge < -0.3 is 9.72 Å². The van der Waals surface area contributed by atoms with Crippen molar-refractivity contribution in [3.8, 4) is 11.1 Å². The second-order valence-electron chi connectivity index (χ2n) is 6.17. The van der Waals surface area contributed by atoms with Crippen LogP contribution in [-0.2, 0) is 16.1 Å². The monoisotopic (exact) mass is 422 g/mol. The van der Waals surface area contributed by atoms with Crippen LogP contribution in [0.5, 0.6) is 0 Å². The number of thiophene rings is 1. The minimum Gasteiger partial charge on any atom is -0.454 e. The van der Waals surface area contributed by atoms with Crippen molar-refractivity contribution in [3.05, 3.63) is 92.8 Å². The zero-order chi connectivity index (χ0) is 20.2. The highest BCUT2D eigenvalue weighted by Crippen LogP contribution is 2.30. The van der Waals surface area contributed by atoms with Crippen molar-refractivity contribution in [2.24, 2.45) is 0 Å². The van der Waals surface area contributed by atoms with Crippen LogP contribution in [0, 0.1) is 0 Å². The summed E-state index contributed by atoms with van der Waals surface area (Å²) in [6.45, 7) is -0.130. The Morgan fingerprint density at radius 2 is 1.90 bits per heavy atom. The van der Waals surface area contributed by atoms with Crippen LogP contribution >= 0.6 is 22.9 Å². The lowest BCUT2D eigenvalue weighted by Gasteiger charge is -2.03. The molecule has 0 saturated heterocycles. The summed E-state index contributed by atoms with van der Waals surface area (Å²) in [5.74, 6) is -0.257. The first-order valence-electron chi connectivity index (χ1n) is 8.77. The highest BCUT2D eigenvalue weighted by atomic mass is 35.5. The summed E-state index contributed by atoms with van der Waals surface area (Å²) in [6, 6.07) is 16.8. The van der Waals surface area contributed by atoms with Gasteiger partial charge in [0.25, 0.3) is 5.56 Å². The maximum atomic E-state index is 12.6. The molecule has 0 aliphatic carbocycles. The van der Waals surface area contributed by atoms with Crippen LogP contribution in [-0.4, -0.2) is 15.9 Å². The van der Waals surface area contributed by atoms with Gasteiger partial charge in [-0.3, -0.25) is 4.79 Å². The summed E-state index contributed by atoms with van der Waals surface area (Å²) >= 11 is 7.43. The fourth-order valence-corrected chi connectivity index (χ4v) is 4.01. The first-order valence-corrected chi connectivity index (χ1v) is 10.0. The smallest absolute Gasteiger partial charge is 0.331 e. The van der Waals surface area contributed by atoms with Gasteiger partial charge in [-0.25, -0.2) is 9.78 Å². The Labute approximate surface area is 175 Å². The Bertz CT molecular complexity index is 1260. The summed E-state index contributed by atoms with van der Waals surface area (Å²) in [5, 5.41) is 2.99. The number of aromatic amines is 1. The fourth-order valence-electron chi connectivity index (χ4n) is 2.85. The van der Waals surface area contributed by atoms with Gasteiger partial charge in [0.1, 0.15) is 17.3 Å². The fraction of sp³-hybridized carbons (Fsp3) is 0.0455. The molecule has 1 N–H and O–H groups in total. The average molecular weight is 423 g/mol. The Hall–Kier alpha value is -3.22. The van der Waals surface area contributed by atoms with Gasteiger partial charge in [-0.2, -0.15) is 0 Å². The Morgan fingerprint density at radius 3 is 2.69 bits per heavy atom. The lowest BCUT2D eigenvalue weighted by atomic mass is 10.1. The Kier molecular flexibility index (Phi) is 5.55. The van der Waals surface area contributed by atoms with E-state index in [1.807, 2.05) is 47.8 Å². The van der Waals surface area contributed by atoms with E-state index in [1.165, 1.54) is 17.4 Å². The molecule has 2 heterocycles. The van der Waals surface area contributed by atoms with Crippen molar-refractivity contribution in [1.82, 2.24) is 9.97 Å². The number of hydrogen-bond acceptors (Lipinski definition) is 5. The van der Waals surface area contributed by atoms with Crippen molar-refractivity contribution < 1.29 is 9.53 Å². The third-order valence-corrected chi connectivity index (χ3v) is 5.45. The number of aromatic nitrogens is 2. The number of nitrogens with zero attached hydrogens (tertiary/aromatic N) is 1. The molecule has 29 heavy (non-hydrogen) atoms. The molecule has 0 bridgehead atoms. The lowest BCUT2D eigenvalue weighted by Crippen LogP contribution is -2.13. The number of carbonyl (C=O) groups excluding carboxylic acids is 1. The zero-order valence-electron chi connectivity index (χ0n) is 15.1. The van der Waals surface area contributed by atoms with E-state index in [4.69, 9.17) is 16.3 Å². The molecule has 144 valence electrons. The minimum absolute atomic E-state index is 0.130. The number of H-pyrrole nitrogens is 1. The van der Waals surface area contributed by atoms with Crippen LogP contribution < -0.4 is 5.56 Å². The van der Waals surface area contributed by atoms with E-state index in [9.17, 15) is 9.59 Å². The molecule has 2 aromatic carbocycles. The predicted molar refractivity (Wildman–Crippen MR) is 116 cm³/mol. The normalized spacial score (nSPS) is 11.2.